The zero-order valence-electron chi connectivity index (χ0n) is 25.8. The normalized spacial score (nSPS) is 14.7. The molecule has 2 aliphatic rings. The molecule has 0 atom stereocenters. The fraction of sp³-hybridized carbons (Fsp3) is 0.471. The predicted octanol–water partition coefficient (Wildman–Crippen LogP) is 7.98. The van der Waals surface area contributed by atoms with E-state index in [9.17, 15) is 19.2 Å². The fourth-order valence-corrected chi connectivity index (χ4v) is 8.31. The smallest absolute Gasteiger partial charge is 0.341 e. The van der Waals surface area contributed by atoms with E-state index >= 15 is 0 Å². The van der Waals surface area contributed by atoms with Crippen molar-refractivity contribution in [2.75, 3.05) is 10.6 Å². The quantitative estimate of drug-likeness (QED) is 0.192. The number of aryl methyl sites for hydroxylation is 2. The van der Waals surface area contributed by atoms with Crippen LogP contribution in [-0.4, -0.2) is 36.0 Å². The van der Waals surface area contributed by atoms with Gasteiger partial charge in [0.05, 0.1) is 23.3 Å². The molecule has 2 aromatic heterocycles. The van der Waals surface area contributed by atoms with Crippen LogP contribution in [0.15, 0.2) is 24.3 Å². The van der Waals surface area contributed by atoms with Gasteiger partial charge in [-0.25, -0.2) is 9.59 Å². The van der Waals surface area contributed by atoms with Gasteiger partial charge in [0, 0.05) is 20.9 Å². The molecule has 0 fully saturated rings. The van der Waals surface area contributed by atoms with Crippen LogP contribution in [0.3, 0.4) is 0 Å². The number of fused-ring (bicyclic) bond motifs is 2. The summed E-state index contributed by atoms with van der Waals surface area (Å²) in [5, 5.41) is 6.90. The summed E-state index contributed by atoms with van der Waals surface area (Å²) in [6, 6.07) is 6.36. The van der Waals surface area contributed by atoms with Crippen molar-refractivity contribution in [2.45, 2.75) is 104 Å². The number of ether oxygens (including phenoxy) is 2. The van der Waals surface area contributed by atoms with Crippen LogP contribution < -0.4 is 10.6 Å². The minimum atomic E-state index is -0.413. The molecule has 2 amide bonds. The molecule has 5 rings (SSSR count). The van der Waals surface area contributed by atoms with E-state index in [1.807, 2.05) is 27.7 Å². The third-order valence-corrected chi connectivity index (χ3v) is 10.2. The molecule has 0 bridgehead atoms. The molecular formula is C34H40N2O6S2. The Balaban J connectivity index is 1.33. The number of amides is 2. The zero-order chi connectivity index (χ0) is 31.4. The third-order valence-electron chi connectivity index (χ3n) is 7.80. The van der Waals surface area contributed by atoms with E-state index in [0.717, 1.165) is 85.1 Å². The van der Waals surface area contributed by atoms with Gasteiger partial charge >= 0.3 is 11.9 Å². The SMILES string of the molecule is CC(C)OC(=O)c1c(NC(=O)c2ccc(C(=O)Nc3sc4c(c3C(=O)OC(C)C)CCCCC4)cc2)sc2c1CCCCC2. The number of carbonyl (C=O) groups is 4. The van der Waals surface area contributed by atoms with Crippen LogP contribution in [0.25, 0.3) is 0 Å². The summed E-state index contributed by atoms with van der Waals surface area (Å²) in [7, 11) is 0. The van der Waals surface area contributed by atoms with Crippen LogP contribution in [0.2, 0.25) is 0 Å². The lowest BCUT2D eigenvalue weighted by Gasteiger charge is -2.12. The molecule has 3 aromatic rings. The summed E-state index contributed by atoms with van der Waals surface area (Å²) < 4.78 is 11.1. The predicted molar refractivity (Wildman–Crippen MR) is 175 cm³/mol. The average Bonchev–Trinajstić information content (AvgIpc) is 3.25. The standard InChI is InChI=1S/C34H40N2O6S2/c1-19(2)41-33(39)27-23-11-7-5-9-13-25(23)43-31(27)35-29(37)21-15-17-22(18-16-21)30(38)36-32-28(34(40)42-20(3)4)24-12-8-6-10-14-26(24)44-32/h15-20H,5-14H2,1-4H3,(H,35,37)(H,36,38). The van der Waals surface area contributed by atoms with Gasteiger partial charge in [0.1, 0.15) is 10.0 Å². The molecule has 0 radical (unpaired) electrons. The molecule has 44 heavy (non-hydrogen) atoms. The number of hydrogen-bond donors (Lipinski definition) is 2. The Morgan fingerprint density at radius 1 is 0.591 bits per heavy atom. The number of nitrogens with one attached hydrogen (secondary N) is 2. The maximum absolute atomic E-state index is 13.3. The molecule has 2 heterocycles. The van der Waals surface area contributed by atoms with Gasteiger partial charge in [-0.3, -0.25) is 9.59 Å². The maximum Gasteiger partial charge on any atom is 0.341 e. The molecule has 8 nitrogen and oxygen atoms in total. The van der Waals surface area contributed by atoms with Gasteiger partial charge < -0.3 is 20.1 Å². The van der Waals surface area contributed by atoms with Crippen LogP contribution in [0.4, 0.5) is 10.0 Å². The van der Waals surface area contributed by atoms with Crippen molar-refractivity contribution in [1.82, 2.24) is 0 Å². The lowest BCUT2D eigenvalue weighted by molar-refractivity contribution is 0.0367. The molecule has 1 aromatic carbocycles. The maximum atomic E-state index is 13.3. The van der Waals surface area contributed by atoms with Crippen molar-refractivity contribution in [2.24, 2.45) is 0 Å². The van der Waals surface area contributed by atoms with Gasteiger partial charge in [-0.15, -0.1) is 22.7 Å². The molecule has 0 aliphatic heterocycles. The molecule has 0 unspecified atom stereocenters. The lowest BCUT2D eigenvalue weighted by Crippen LogP contribution is -2.18. The molecule has 0 saturated carbocycles. The van der Waals surface area contributed by atoms with Crippen LogP contribution in [0.5, 0.6) is 0 Å². The lowest BCUT2D eigenvalue weighted by atomic mass is 10.1. The number of esters is 2. The van der Waals surface area contributed by atoms with Crippen molar-refractivity contribution in [1.29, 1.82) is 0 Å². The highest BCUT2D eigenvalue weighted by Gasteiger charge is 2.29. The Bertz CT molecular complexity index is 1440. The molecular weight excluding hydrogens is 597 g/mol. The third kappa shape index (κ3) is 7.24. The van der Waals surface area contributed by atoms with Gasteiger partial charge in [0.15, 0.2) is 0 Å². The number of thiophene rings is 2. The Labute approximate surface area is 266 Å². The number of benzene rings is 1. The van der Waals surface area contributed by atoms with Gasteiger partial charge in [-0.05, 0) is 114 Å². The van der Waals surface area contributed by atoms with Crippen LogP contribution in [0.1, 0.15) is 129 Å². The van der Waals surface area contributed by atoms with E-state index in [-0.39, 0.29) is 24.0 Å². The summed E-state index contributed by atoms with van der Waals surface area (Å²) in [5.74, 6) is -1.56. The van der Waals surface area contributed by atoms with Gasteiger partial charge in [-0.2, -0.15) is 0 Å². The minimum Gasteiger partial charge on any atom is -0.459 e. The first-order chi connectivity index (χ1) is 21.1. The fourth-order valence-electron chi connectivity index (χ4n) is 5.76. The highest BCUT2D eigenvalue weighted by molar-refractivity contribution is 7.17. The highest BCUT2D eigenvalue weighted by Crippen LogP contribution is 2.40. The molecule has 2 aliphatic carbocycles. The topological polar surface area (TPSA) is 111 Å². The van der Waals surface area contributed by atoms with Crippen molar-refractivity contribution >= 4 is 56.4 Å². The molecule has 2 N–H and O–H groups in total. The average molecular weight is 637 g/mol. The van der Waals surface area contributed by atoms with E-state index in [0.29, 0.717) is 32.3 Å². The van der Waals surface area contributed by atoms with E-state index in [2.05, 4.69) is 10.6 Å². The first-order valence-corrected chi connectivity index (χ1v) is 17.2. The van der Waals surface area contributed by atoms with Crippen molar-refractivity contribution in [3.63, 3.8) is 0 Å². The number of hydrogen-bond acceptors (Lipinski definition) is 8. The summed E-state index contributed by atoms with van der Waals surface area (Å²) in [4.78, 5) is 55.0. The van der Waals surface area contributed by atoms with Gasteiger partial charge in [0.25, 0.3) is 11.8 Å². The largest absolute Gasteiger partial charge is 0.459 e. The van der Waals surface area contributed by atoms with Crippen molar-refractivity contribution < 1.29 is 28.7 Å². The Morgan fingerprint density at radius 3 is 1.32 bits per heavy atom. The van der Waals surface area contributed by atoms with E-state index in [1.165, 1.54) is 22.7 Å². The highest BCUT2D eigenvalue weighted by atomic mass is 32.1. The van der Waals surface area contributed by atoms with Crippen molar-refractivity contribution in [3.05, 3.63) is 67.4 Å². The Kier molecular flexibility index (Phi) is 10.2. The summed E-state index contributed by atoms with van der Waals surface area (Å²) in [6.07, 6.45) is 9.12. The van der Waals surface area contributed by atoms with Crippen LogP contribution in [0, 0.1) is 0 Å². The second-order valence-electron chi connectivity index (χ2n) is 11.9. The second kappa shape index (κ2) is 14.1. The monoisotopic (exact) mass is 636 g/mol. The van der Waals surface area contributed by atoms with Gasteiger partial charge in [0.2, 0.25) is 0 Å². The van der Waals surface area contributed by atoms with E-state index < -0.39 is 11.9 Å². The molecule has 0 spiro atoms. The summed E-state index contributed by atoms with van der Waals surface area (Å²) in [5.41, 5.74) is 3.62. The van der Waals surface area contributed by atoms with E-state index in [4.69, 9.17) is 9.47 Å². The van der Waals surface area contributed by atoms with Gasteiger partial charge in [-0.1, -0.05) is 12.8 Å². The second-order valence-corrected chi connectivity index (χ2v) is 14.1. The summed E-state index contributed by atoms with van der Waals surface area (Å²) >= 11 is 2.90. The minimum absolute atomic E-state index is 0.271. The first kappa shape index (κ1) is 31.9. The summed E-state index contributed by atoms with van der Waals surface area (Å²) in [6.45, 7) is 7.24. The Morgan fingerprint density at radius 2 is 0.955 bits per heavy atom. The van der Waals surface area contributed by atoms with Crippen molar-refractivity contribution in [3.8, 4) is 0 Å². The van der Waals surface area contributed by atoms with Crippen LogP contribution >= 0.6 is 22.7 Å². The van der Waals surface area contributed by atoms with Crippen LogP contribution in [-0.2, 0) is 35.2 Å². The number of rotatable bonds is 8. The number of anilines is 2. The first-order valence-electron chi connectivity index (χ1n) is 15.6. The molecule has 234 valence electrons. The molecule has 0 saturated heterocycles. The Hall–Kier alpha value is -3.50. The molecule has 10 heteroatoms. The number of carbonyl (C=O) groups excluding carboxylic acids is 4. The zero-order valence-corrected chi connectivity index (χ0v) is 27.4. The van der Waals surface area contributed by atoms with E-state index in [1.54, 1.807) is 24.3 Å².